The van der Waals surface area contributed by atoms with Crippen molar-refractivity contribution in [3.8, 4) is 12.1 Å². The van der Waals surface area contributed by atoms with Gasteiger partial charge in [0.25, 0.3) is 0 Å². The first kappa shape index (κ1) is 19.7. The molecule has 0 unspecified atom stereocenters. The van der Waals surface area contributed by atoms with E-state index >= 15 is 0 Å². The third kappa shape index (κ3) is 4.33. The van der Waals surface area contributed by atoms with Crippen LogP contribution >= 0.6 is 0 Å². The Balaban J connectivity index is 2.45. The molecule has 0 spiro atoms. The molecule has 1 aromatic carbocycles. The number of hydrazone groups is 1. The van der Waals surface area contributed by atoms with Crippen LogP contribution in [-0.4, -0.2) is 32.5 Å². The molecule has 0 saturated carbocycles. The van der Waals surface area contributed by atoms with Gasteiger partial charge in [0.2, 0.25) is 5.71 Å². The Morgan fingerprint density at radius 3 is 2.42 bits per heavy atom. The van der Waals surface area contributed by atoms with Crippen molar-refractivity contribution >= 4 is 26.9 Å². The summed E-state index contributed by atoms with van der Waals surface area (Å²) in [6, 6.07) is 8.40. The topological polar surface area (TPSA) is 109 Å². The lowest BCUT2D eigenvalue weighted by Crippen LogP contribution is -2.32. The van der Waals surface area contributed by atoms with Gasteiger partial charge in [0.15, 0.2) is 9.84 Å². The summed E-state index contributed by atoms with van der Waals surface area (Å²) in [6.07, 6.45) is 2.17. The van der Waals surface area contributed by atoms with Crippen LogP contribution in [0.25, 0.3) is 0 Å². The molecular formula is C18H23N5O2S. The summed E-state index contributed by atoms with van der Waals surface area (Å²) in [7, 11) is -3.54. The van der Waals surface area contributed by atoms with E-state index < -0.39 is 15.1 Å². The number of nitrogens with one attached hydrogen (secondary N) is 1. The molecule has 7 nitrogen and oxygen atoms in total. The van der Waals surface area contributed by atoms with Gasteiger partial charge in [0, 0.05) is 18.8 Å². The summed E-state index contributed by atoms with van der Waals surface area (Å²) in [5.41, 5.74) is 3.41. The zero-order chi connectivity index (χ0) is 19.3. The highest BCUT2D eigenvalue weighted by atomic mass is 32.2. The minimum absolute atomic E-state index is 0.112. The van der Waals surface area contributed by atoms with Gasteiger partial charge in [-0.1, -0.05) is 6.92 Å². The summed E-state index contributed by atoms with van der Waals surface area (Å²) in [4.78, 5) is 2.32. The molecule has 2 rings (SSSR count). The van der Waals surface area contributed by atoms with Gasteiger partial charge in [-0.2, -0.15) is 15.6 Å². The van der Waals surface area contributed by atoms with Crippen molar-refractivity contribution in [3.63, 3.8) is 0 Å². The number of anilines is 2. The lowest BCUT2D eigenvalue weighted by atomic mass is 9.99. The number of nitrogens with zero attached hydrogens (tertiary/aromatic N) is 4. The van der Waals surface area contributed by atoms with Crippen LogP contribution in [0.15, 0.2) is 28.2 Å². The molecule has 1 aliphatic heterocycles. The van der Waals surface area contributed by atoms with E-state index in [1.807, 2.05) is 0 Å². The lowest BCUT2D eigenvalue weighted by Gasteiger charge is -2.32. The second kappa shape index (κ2) is 8.20. The van der Waals surface area contributed by atoms with Crippen LogP contribution in [0.1, 0.15) is 33.6 Å². The van der Waals surface area contributed by atoms with Gasteiger partial charge >= 0.3 is 0 Å². The SMILES string of the molecule is CC1CCN(c2ccc(S(=O)(=O)C(C)C)c(NN=C(C#N)C#N)c2)CC1. The summed E-state index contributed by atoms with van der Waals surface area (Å²) in [6.45, 7) is 7.25. The van der Waals surface area contributed by atoms with Gasteiger partial charge in [0.05, 0.1) is 15.8 Å². The molecule has 0 atom stereocenters. The van der Waals surface area contributed by atoms with E-state index in [2.05, 4.69) is 22.4 Å². The predicted molar refractivity (Wildman–Crippen MR) is 102 cm³/mol. The zero-order valence-corrected chi connectivity index (χ0v) is 16.0. The van der Waals surface area contributed by atoms with E-state index in [0.29, 0.717) is 5.92 Å². The normalized spacial score (nSPS) is 15.2. The fourth-order valence-corrected chi connectivity index (χ4v) is 3.94. The number of piperidine rings is 1. The van der Waals surface area contributed by atoms with Crippen molar-refractivity contribution < 1.29 is 8.42 Å². The first-order valence-electron chi connectivity index (χ1n) is 8.56. The fourth-order valence-electron chi connectivity index (χ4n) is 2.76. The Morgan fingerprint density at radius 1 is 1.27 bits per heavy atom. The molecule has 1 aromatic rings. The first-order valence-corrected chi connectivity index (χ1v) is 10.1. The van der Waals surface area contributed by atoms with Crippen molar-refractivity contribution in [1.82, 2.24) is 0 Å². The number of hydrogen-bond donors (Lipinski definition) is 1. The Morgan fingerprint density at radius 2 is 1.88 bits per heavy atom. The van der Waals surface area contributed by atoms with Gasteiger partial charge < -0.3 is 4.90 Å². The predicted octanol–water partition coefficient (Wildman–Crippen LogP) is 2.92. The second-order valence-electron chi connectivity index (χ2n) is 6.74. The Bertz CT molecular complexity index is 854. The van der Waals surface area contributed by atoms with Crippen molar-refractivity contribution in [2.45, 2.75) is 43.8 Å². The highest BCUT2D eigenvalue weighted by Gasteiger charge is 2.24. The van der Waals surface area contributed by atoms with Crippen molar-refractivity contribution in [2.75, 3.05) is 23.4 Å². The highest BCUT2D eigenvalue weighted by Crippen LogP contribution is 2.31. The number of benzene rings is 1. The number of nitriles is 2. The molecular weight excluding hydrogens is 350 g/mol. The lowest BCUT2D eigenvalue weighted by molar-refractivity contribution is 0.438. The Kier molecular flexibility index (Phi) is 6.23. The van der Waals surface area contributed by atoms with E-state index in [9.17, 15) is 8.42 Å². The van der Waals surface area contributed by atoms with E-state index in [0.717, 1.165) is 31.6 Å². The number of rotatable bonds is 5. The first-order chi connectivity index (χ1) is 12.3. The average molecular weight is 373 g/mol. The van der Waals surface area contributed by atoms with Crippen LogP contribution in [0.3, 0.4) is 0 Å². The fraction of sp³-hybridized carbons (Fsp3) is 0.500. The molecule has 138 valence electrons. The molecule has 0 aromatic heterocycles. The van der Waals surface area contributed by atoms with Gasteiger partial charge in [-0.25, -0.2) is 8.42 Å². The summed E-state index contributed by atoms with van der Waals surface area (Å²) < 4.78 is 25.3. The molecule has 8 heteroatoms. The Hall–Kier alpha value is -2.58. The quantitative estimate of drug-likeness (QED) is 0.628. The van der Waals surface area contributed by atoms with Crippen molar-refractivity contribution in [1.29, 1.82) is 10.5 Å². The molecule has 26 heavy (non-hydrogen) atoms. The van der Waals surface area contributed by atoms with Crippen LogP contribution in [-0.2, 0) is 9.84 Å². The minimum Gasteiger partial charge on any atom is -0.371 e. The van der Waals surface area contributed by atoms with Crippen LogP contribution < -0.4 is 10.3 Å². The molecule has 1 fully saturated rings. The van der Waals surface area contributed by atoms with E-state index in [-0.39, 0.29) is 16.3 Å². The van der Waals surface area contributed by atoms with Crippen LogP contribution in [0, 0.1) is 28.6 Å². The van der Waals surface area contributed by atoms with Crippen molar-refractivity contribution in [3.05, 3.63) is 18.2 Å². The minimum atomic E-state index is -3.54. The van der Waals surface area contributed by atoms with E-state index in [1.54, 1.807) is 44.2 Å². The van der Waals surface area contributed by atoms with Crippen molar-refractivity contribution in [2.24, 2.45) is 11.0 Å². The molecule has 0 radical (unpaired) electrons. The summed E-state index contributed by atoms with van der Waals surface area (Å²) >= 11 is 0. The number of hydrogen-bond acceptors (Lipinski definition) is 7. The number of sulfone groups is 1. The second-order valence-corrected chi connectivity index (χ2v) is 9.21. The van der Waals surface area contributed by atoms with E-state index in [4.69, 9.17) is 10.5 Å². The maximum Gasteiger partial charge on any atom is 0.237 e. The third-order valence-corrected chi connectivity index (χ3v) is 6.75. The maximum atomic E-state index is 12.6. The average Bonchev–Trinajstić information content (AvgIpc) is 2.62. The maximum absolute atomic E-state index is 12.6. The molecule has 1 aliphatic rings. The van der Waals surface area contributed by atoms with Gasteiger partial charge in [0.1, 0.15) is 12.1 Å². The largest absolute Gasteiger partial charge is 0.371 e. The van der Waals surface area contributed by atoms with Gasteiger partial charge in [-0.05, 0) is 50.8 Å². The molecule has 0 bridgehead atoms. The smallest absolute Gasteiger partial charge is 0.237 e. The van der Waals surface area contributed by atoms with Crippen LogP contribution in [0.5, 0.6) is 0 Å². The van der Waals surface area contributed by atoms with E-state index in [1.165, 1.54) is 0 Å². The van der Waals surface area contributed by atoms with Gasteiger partial charge in [-0.3, -0.25) is 5.43 Å². The van der Waals surface area contributed by atoms with Gasteiger partial charge in [-0.15, -0.1) is 0 Å². The van der Waals surface area contributed by atoms with Crippen LogP contribution in [0.2, 0.25) is 0 Å². The molecule has 1 saturated heterocycles. The Labute approximate surface area is 154 Å². The molecule has 0 amide bonds. The summed E-state index contributed by atoms with van der Waals surface area (Å²) in [5, 5.41) is 20.8. The third-order valence-electron chi connectivity index (χ3n) is 4.54. The van der Waals surface area contributed by atoms with Crippen LogP contribution in [0.4, 0.5) is 11.4 Å². The monoisotopic (exact) mass is 373 g/mol. The molecule has 1 N–H and O–H groups in total. The standard InChI is InChI=1S/C18H23N5O2S/c1-13(2)26(24,25)18-5-4-16(23-8-6-14(3)7-9-23)10-17(18)22-21-15(11-19)12-20/h4-5,10,13-14,22H,6-9H2,1-3H3. The molecule has 1 heterocycles. The summed E-state index contributed by atoms with van der Waals surface area (Å²) in [5.74, 6) is 0.683. The molecule has 0 aliphatic carbocycles. The zero-order valence-electron chi connectivity index (χ0n) is 15.2. The highest BCUT2D eigenvalue weighted by molar-refractivity contribution is 7.92.